The van der Waals surface area contributed by atoms with Crippen LogP contribution in [0.3, 0.4) is 0 Å². The van der Waals surface area contributed by atoms with Crippen molar-refractivity contribution in [3.8, 4) is 5.75 Å². The van der Waals surface area contributed by atoms with Gasteiger partial charge in [0.25, 0.3) is 0 Å². The number of hydrogen-bond acceptors (Lipinski definition) is 2. The van der Waals surface area contributed by atoms with E-state index in [1.54, 1.807) is 19.2 Å². The van der Waals surface area contributed by atoms with Crippen molar-refractivity contribution >= 4 is 28.5 Å². The van der Waals surface area contributed by atoms with E-state index in [-0.39, 0.29) is 17.9 Å². The van der Waals surface area contributed by atoms with Crippen molar-refractivity contribution in [3.05, 3.63) is 100.0 Å². The fourth-order valence-electron chi connectivity index (χ4n) is 4.49. The number of halogens is 2. The molecule has 2 amide bonds. The van der Waals surface area contributed by atoms with Crippen molar-refractivity contribution in [1.82, 2.24) is 15.2 Å². The smallest absolute Gasteiger partial charge is 0.318 e. The van der Waals surface area contributed by atoms with Crippen LogP contribution in [0.25, 0.3) is 10.9 Å². The molecular formula is C26H23ClFN3O2. The summed E-state index contributed by atoms with van der Waals surface area (Å²) in [5.74, 6) is 0.456. The third-order valence-electron chi connectivity index (χ3n) is 6.14. The number of amides is 2. The number of methoxy groups -OCH3 is 1. The van der Waals surface area contributed by atoms with Crippen LogP contribution in [0.15, 0.2) is 66.7 Å². The van der Waals surface area contributed by atoms with Gasteiger partial charge in [0.15, 0.2) is 0 Å². The number of aromatic amines is 1. The normalized spacial score (nSPS) is 15.4. The number of rotatable bonds is 4. The molecule has 0 spiro atoms. The van der Waals surface area contributed by atoms with Crippen molar-refractivity contribution < 1.29 is 13.9 Å². The molecule has 0 saturated heterocycles. The van der Waals surface area contributed by atoms with Gasteiger partial charge in [0, 0.05) is 34.7 Å². The number of aromatic nitrogens is 1. The van der Waals surface area contributed by atoms with Crippen molar-refractivity contribution in [3.63, 3.8) is 0 Å². The summed E-state index contributed by atoms with van der Waals surface area (Å²) in [4.78, 5) is 18.7. The molecule has 5 rings (SSSR count). The second-order valence-electron chi connectivity index (χ2n) is 8.11. The zero-order chi connectivity index (χ0) is 22.9. The quantitative estimate of drug-likeness (QED) is 0.400. The van der Waals surface area contributed by atoms with Crippen molar-refractivity contribution in [1.29, 1.82) is 0 Å². The molecule has 33 heavy (non-hydrogen) atoms. The lowest BCUT2D eigenvalue weighted by Gasteiger charge is -2.36. The summed E-state index contributed by atoms with van der Waals surface area (Å²) < 4.78 is 18.5. The number of H-pyrrole nitrogens is 1. The standard InChI is InChI=1S/C26H23ClFN3O2/c1-33-20-9-4-17(5-10-20)25-24-21(22-14-18(27)6-11-23(22)30-24)12-13-31(25)26(32)29-15-16-2-7-19(28)8-3-16/h2-11,14,25,30H,12-13,15H2,1H3,(H,29,32)/t25-/m0/s1. The minimum absolute atomic E-state index is 0.178. The Morgan fingerprint density at radius 2 is 1.91 bits per heavy atom. The summed E-state index contributed by atoms with van der Waals surface area (Å²) in [7, 11) is 1.63. The van der Waals surface area contributed by atoms with Gasteiger partial charge in [-0.05, 0) is 65.6 Å². The predicted octanol–water partition coefficient (Wildman–Crippen LogP) is 5.83. The number of benzene rings is 3. The van der Waals surface area contributed by atoms with Crippen LogP contribution in [-0.4, -0.2) is 29.6 Å². The average molecular weight is 464 g/mol. The first kappa shape index (κ1) is 21.3. The van der Waals surface area contributed by atoms with Crippen molar-refractivity contribution in [2.24, 2.45) is 0 Å². The molecule has 4 aromatic rings. The highest BCUT2D eigenvalue weighted by Gasteiger charge is 2.34. The van der Waals surface area contributed by atoms with Crippen LogP contribution >= 0.6 is 11.6 Å². The highest BCUT2D eigenvalue weighted by atomic mass is 35.5. The Morgan fingerprint density at radius 3 is 2.64 bits per heavy atom. The van der Waals surface area contributed by atoms with Crippen LogP contribution in [0.1, 0.15) is 28.4 Å². The molecule has 0 unspecified atom stereocenters. The van der Waals surface area contributed by atoms with Gasteiger partial charge >= 0.3 is 6.03 Å². The van der Waals surface area contributed by atoms with E-state index in [2.05, 4.69) is 10.3 Å². The lowest BCUT2D eigenvalue weighted by molar-refractivity contribution is 0.179. The maximum atomic E-state index is 13.3. The monoisotopic (exact) mass is 463 g/mol. The molecule has 0 fully saturated rings. The molecule has 0 saturated carbocycles. The van der Waals surface area contributed by atoms with E-state index >= 15 is 0 Å². The maximum Gasteiger partial charge on any atom is 0.318 e. The van der Waals surface area contributed by atoms with Gasteiger partial charge < -0.3 is 19.9 Å². The fraction of sp³-hybridized carbons (Fsp3) is 0.192. The summed E-state index contributed by atoms with van der Waals surface area (Å²) in [5, 5.41) is 4.76. The first-order chi connectivity index (χ1) is 16.0. The molecule has 168 valence electrons. The van der Waals surface area contributed by atoms with Gasteiger partial charge in [0.1, 0.15) is 11.6 Å². The third-order valence-corrected chi connectivity index (χ3v) is 6.37. The minimum atomic E-state index is -0.299. The number of carbonyl (C=O) groups is 1. The SMILES string of the molecule is COc1ccc([C@H]2c3[nH]c4ccc(Cl)cc4c3CCN2C(=O)NCc2ccc(F)cc2)cc1. The summed E-state index contributed by atoms with van der Waals surface area (Å²) in [6.45, 7) is 0.874. The Morgan fingerprint density at radius 1 is 1.15 bits per heavy atom. The molecule has 1 aliphatic rings. The van der Waals surface area contributed by atoms with Crippen LogP contribution in [0.4, 0.5) is 9.18 Å². The summed E-state index contributed by atoms with van der Waals surface area (Å²) in [6.07, 6.45) is 0.715. The molecule has 5 nitrogen and oxygen atoms in total. The van der Waals surface area contributed by atoms with E-state index in [1.165, 1.54) is 17.7 Å². The van der Waals surface area contributed by atoms with E-state index in [0.717, 1.165) is 33.5 Å². The first-order valence-electron chi connectivity index (χ1n) is 10.8. The Hall–Kier alpha value is -3.51. The number of urea groups is 1. The highest BCUT2D eigenvalue weighted by Crippen LogP contribution is 2.39. The molecular weight excluding hydrogens is 441 g/mol. The van der Waals surface area contributed by atoms with Gasteiger partial charge in [-0.1, -0.05) is 35.9 Å². The van der Waals surface area contributed by atoms with Crippen LogP contribution < -0.4 is 10.1 Å². The summed E-state index contributed by atoms with van der Waals surface area (Å²) in [5.41, 5.74) is 4.98. The van der Waals surface area contributed by atoms with E-state index in [9.17, 15) is 9.18 Å². The second kappa shape index (κ2) is 8.79. The number of carbonyl (C=O) groups excluding carboxylic acids is 1. The predicted molar refractivity (Wildman–Crippen MR) is 127 cm³/mol. The van der Waals surface area contributed by atoms with E-state index in [1.807, 2.05) is 47.4 Å². The molecule has 1 aliphatic heterocycles. The van der Waals surface area contributed by atoms with Crippen LogP contribution in [-0.2, 0) is 13.0 Å². The zero-order valence-electron chi connectivity index (χ0n) is 18.1. The summed E-state index contributed by atoms with van der Waals surface area (Å²) in [6, 6.07) is 19.2. The van der Waals surface area contributed by atoms with Crippen LogP contribution in [0, 0.1) is 5.82 Å². The third kappa shape index (κ3) is 4.14. The van der Waals surface area contributed by atoms with Gasteiger partial charge in [0.2, 0.25) is 0 Å². The Kier molecular flexibility index (Phi) is 5.68. The van der Waals surface area contributed by atoms with Crippen molar-refractivity contribution in [2.75, 3.05) is 13.7 Å². The lowest BCUT2D eigenvalue weighted by atomic mass is 9.92. The van der Waals surface area contributed by atoms with E-state index in [0.29, 0.717) is 24.5 Å². The van der Waals surface area contributed by atoms with Crippen LogP contribution in [0.2, 0.25) is 5.02 Å². The first-order valence-corrected chi connectivity index (χ1v) is 11.1. The zero-order valence-corrected chi connectivity index (χ0v) is 18.8. The fourth-order valence-corrected chi connectivity index (χ4v) is 4.67. The number of nitrogens with one attached hydrogen (secondary N) is 2. The van der Waals surface area contributed by atoms with E-state index < -0.39 is 0 Å². The highest BCUT2D eigenvalue weighted by molar-refractivity contribution is 6.31. The molecule has 3 aromatic carbocycles. The molecule has 7 heteroatoms. The van der Waals surface area contributed by atoms with Gasteiger partial charge in [-0.2, -0.15) is 0 Å². The number of hydrogen-bond donors (Lipinski definition) is 2. The van der Waals surface area contributed by atoms with Gasteiger partial charge in [-0.25, -0.2) is 9.18 Å². The minimum Gasteiger partial charge on any atom is -0.497 e. The number of ether oxygens (including phenoxy) is 1. The van der Waals surface area contributed by atoms with Gasteiger partial charge in [0.05, 0.1) is 13.2 Å². The Balaban J connectivity index is 1.50. The second-order valence-corrected chi connectivity index (χ2v) is 8.55. The van der Waals surface area contributed by atoms with Gasteiger partial charge in [-0.3, -0.25) is 0 Å². The van der Waals surface area contributed by atoms with Crippen LogP contribution in [0.5, 0.6) is 5.75 Å². The molecule has 0 bridgehead atoms. The molecule has 2 heterocycles. The Labute approximate surface area is 196 Å². The van der Waals surface area contributed by atoms with E-state index in [4.69, 9.17) is 16.3 Å². The topological polar surface area (TPSA) is 57.4 Å². The lowest BCUT2D eigenvalue weighted by Crippen LogP contribution is -2.45. The summed E-state index contributed by atoms with van der Waals surface area (Å²) >= 11 is 6.27. The molecule has 1 aromatic heterocycles. The number of nitrogens with zero attached hydrogens (tertiary/aromatic N) is 1. The Bertz CT molecular complexity index is 1300. The van der Waals surface area contributed by atoms with Gasteiger partial charge in [-0.15, -0.1) is 0 Å². The average Bonchev–Trinajstić information content (AvgIpc) is 3.21. The molecule has 2 N–H and O–H groups in total. The molecule has 1 atom stereocenters. The largest absolute Gasteiger partial charge is 0.497 e. The van der Waals surface area contributed by atoms with Crippen molar-refractivity contribution in [2.45, 2.75) is 19.0 Å². The number of fused-ring (bicyclic) bond motifs is 3. The molecule has 0 radical (unpaired) electrons. The molecule has 0 aliphatic carbocycles. The maximum absolute atomic E-state index is 13.3.